The number of halogens is 1. The van der Waals surface area contributed by atoms with Gasteiger partial charge in [0.05, 0.1) is 11.2 Å². The van der Waals surface area contributed by atoms with E-state index in [0.29, 0.717) is 5.69 Å². The van der Waals surface area contributed by atoms with Crippen molar-refractivity contribution in [2.45, 2.75) is 0 Å². The number of hydrogen-bond acceptors (Lipinski definition) is 3. The Kier molecular flexibility index (Phi) is 5.08. The van der Waals surface area contributed by atoms with Gasteiger partial charge in [-0.3, -0.25) is 9.78 Å². The Hall–Kier alpha value is -2.34. The number of carbonyl (C=O) groups is 2. The van der Waals surface area contributed by atoms with Crippen LogP contribution in [0, 0.1) is 0 Å². The van der Waals surface area contributed by atoms with E-state index in [4.69, 9.17) is 5.11 Å². The number of para-hydroxylation sites is 1. The number of aliphatic carboxylic acids is 1. The number of hydrogen-bond donors (Lipinski definition) is 3. The fourth-order valence-corrected chi connectivity index (χ4v) is 1.53. The molecule has 19 heavy (non-hydrogen) atoms. The standard InChI is InChI=1S/C12H11N3O3.ClH/c16-11(17)7-14-12(18)15-10-5-6-13-9-4-2-1-3-8(9)10;/h1-6H,7H2,(H,16,17)(H2,13,14,15,18);1H. The zero-order chi connectivity index (χ0) is 13.0. The highest BCUT2D eigenvalue weighted by molar-refractivity contribution is 6.00. The lowest BCUT2D eigenvalue weighted by Gasteiger charge is -2.08. The summed E-state index contributed by atoms with van der Waals surface area (Å²) in [5, 5.41) is 14.1. The summed E-state index contributed by atoms with van der Waals surface area (Å²) < 4.78 is 0. The number of carboxylic acids is 1. The van der Waals surface area contributed by atoms with E-state index in [9.17, 15) is 9.59 Å². The molecule has 0 saturated heterocycles. The molecule has 6 nitrogen and oxygen atoms in total. The van der Waals surface area contributed by atoms with Crippen molar-refractivity contribution in [3.05, 3.63) is 36.5 Å². The van der Waals surface area contributed by atoms with Crippen molar-refractivity contribution in [2.24, 2.45) is 0 Å². The van der Waals surface area contributed by atoms with Crippen molar-refractivity contribution in [3.63, 3.8) is 0 Å². The summed E-state index contributed by atoms with van der Waals surface area (Å²) in [6, 6.07) is 8.44. The average molecular weight is 282 g/mol. The number of nitrogens with zero attached hydrogens (tertiary/aromatic N) is 1. The molecule has 0 saturated carbocycles. The monoisotopic (exact) mass is 281 g/mol. The summed E-state index contributed by atoms with van der Waals surface area (Å²) in [5.41, 5.74) is 1.34. The highest BCUT2D eigenvalue weighted by Crippen LogP contribution is 2.20. The summed E-state index contributed by atoms with van der Waals surface area (Å²) in [7, 11) is 0. The molecule has 3 N–H and O–H groups in total. The Labute approximate surface area is 115 Å². The number of nitrogens with one attached hydrogen (secondary N) is 2. The second kappa shape index (κ2) is 6.55. The molecule has 2 rings (SSSR count). The van der Waals surface area contributed by atoms with E-state index < -0.39 is 18.5 Å². The van der Waals surface area contributed by atoms with E-state index in [1.54, 1.807) is 12.3 Å². The van der Waals surface area contributed by atoms with Crippen LogP contribution in [0.3, 0.4) is 0 Å². The van der Waals surface area contributed by atoms with Crippen molar-refractivity contribution >= 4 is 41.0 Å². The molecule has 0 aliphatic rings. The van der Waals surface area contributed by atoms with Gasteiger partial charge in [0.25, 0.3) is 0 Å². The lowest BCUT2D eigenvalue weighted by atomic mass is 10.2. The molecule has 0 unspecified atom stereocenters. The predicted molar refractivity (Wildman–Crippen MR) is 73.6 cm³/mol. The maximum Gasteiger partial charge on any atom is 0.323 e. The van der Waals surface area contributed by atoms with Crippen molar-refractivity contribution in [1.29, 1.82) is 0 Å². The zero-order valence-electron chi connectivity index (χ0n) is 9.79. The largest absolute Gasteiger partial charge is 0.480 e. The Morgan fingerprint density at radius 3 is 2.68 bits per heavy atom. The molecule has 1 aromatic carbocycles. The third-order valence-corrected chi connectivity index (χ3v) is 2.30. The summed E-state index contributed by atoms with van der Waals surface area (Å²) in [5.74, 6) is -1.09. The van der Waals surface area contributed by atoms with Gasteiger partial charge in [0.2, 0.25) is 0 Å². The van der Waals surface area contributed by atoms with Gasteiger partial charge < -0.3 is 15.7 Å². The number of urea groups is 1. The van der Waals surface area contributed by atoms with Crippen LogP contribution in [-0.2, 0) is 4.79 Å². The van der Waals surface area contributed by atoms with Gasteiger partial charge >= 0.3 is 12.0 Å². The maximum absolute atomic E-state index is 11.5. The zero-order valence-corrected chi connectivity index (χ0v) is 10.6. The van der Waals surface area contributed by atoms with Crippen molar-refractivity contribution in [3.8, 4) is 0 Å². The van der Waals surface area contributed by atoms with E-state index in [1.165, 1.54) is 0 Å². The Morgan fingerprint density at radius 2 is 1.95 bits per heavy atom. The molecule has 1 heterocycles. The molecule has 0 radical (unpaired) electrons. The van der Waals surface area contributed by atoms with Gasteiger partial charge in [-0.1, -0.05) is 18.2 Å². The average Bonchev–Trinajstić information content (AvgIpc) is 2.37. The second-order valence-electron chi connectivity index (χ2n) is 3.58. The summed E-state index contributed by atoms with van der Waals surface area (Å²) in [6.45, 7) is -0.422. The van der Waals surface area contributed by atoms with Crippen molar-refractivity contribution < 1.29 is 14.7 Å². The number of rotatable bonds is 3. The molecule has 0 atom stereocenters. The van der Waals surface area contributed by atoms with Crippen LogP contribution in [0.1, 0.15) is 0 Å². The molecule has 1 aromatic heterocycles. The minimum atomic E-state index is -1.09. The van der Waals surface area contributed by atoms with Crippen LogP contribution < -0.4 is 10.6 Å². The second-order valence-corrected chi connectivity index (χ2v) is 3.58. The minimum Gasteiger partial charge on any atom is -0.480 e. The number of anilines is 1. The van der Waals surface area contributed by atoms with E-state index in [-0.39, 0.29) is 12.4 Å². The van der Waals surface area contributed by atoms with E-state index in [1.807, 2.05) is 24.3 Å². The van der Waals surface area contributed by atoms with Gasteiger partial charge in [-0.2, -0.15) is 0 Å². The number of pyridine rings is 1. The third-order valence-electron chi connectivity index (χ3n) is 2.30. The Bertz CT molecular complexity index is 598. The fraction of sp³-hybridized carbons (Fsp3) is 0.0833. The molecular formula is C12H12ClN3O3. The van der Waals surface area contributed by atoms with Crippen LogP contribution in [0.25, 0.3) is 10.9 Å². The van der Waals surface area contributed by atoms with Crippen LogP contribution in [0.4, 0.5) is 10.5 Å². The highest BCUT2D eigenvalue weighted by Gasteiger charge is 2.06. The lowest BCUT2D eigenvalue weighted by Crippen LogP contribution is -2.33. The number of carbonyl (C=O) groups excluding carboxylic acids is 1. The minimum absolute atomic E-state index is 0. The number of aromatic nitrogens is 1. The van der Waals surface area contributed by atoms with Crippen LogP contribution in [-0.4, -0.2) is 28.6 Å². The maximum atomic E-state index is 11.5. The summed E-state index contributed by atoms with van der Waals surface area (Å²) in [6.07, 6.45) is 1.58. The first-order chi connectivity index (χ1) is 8.66. The highest BCUT2D eigenvalue weighted by atomic mass is 35.5. The fourth-order valence-electron chi connectivity index (χ4n) is 1.53. The van der Waals surface area contributed by atoms with Crippen LogP contribution in [0.5, 0.6) is 0 Å². The molecule has 0 fully saturated rings. The van der Waals surface area contributed by atoms with Gasteiger partial charge in [0.1, 0.15) is 6.54 Å². The molecule has 7 heteroatoms. The van der Waals surface area contributed by atoms with Gasteiger partial charge in [-0.25, -0.2) is 4.79 Å². The van der Waals surface area contributed by atoms with Gasteiger partial charge in [0, 0.05) is 11.6 Å². The van der Waals surface area contributed by atoms with E-state index in [0.717, 1.165) is 10.9 Å². The Morgan fingerprint density at radius 1 is 1.21 bits per heavy atom. The van der Waals surface area contributed by atoms with Crippen molar-refractivity contribution in [1.82, 2.24) is 10.3 Å². The number of fused-ring (bicyclic) bond motifs is 1. The molecule has 0 aliphatic carbocycles. The molecule has 2 aromatic rings. The van der Waals surface area contributed by atoms with E-state index >= 15 is 0 Å². The first-order valence-electron chi connectivity index (χ1n) is 5.27. The van der Waals surface area contributed by atoms with Gasteiger partial charge in [-0.15, -0.1) is 12.4 Å². The Balaban J connectivity index is 0.00000180. The molecule has 2 amide bonds. The molecule has 0 spiro atoms. The quantitative estimate of drug-likeness (QED) is 0.801. The lowest BCUT2D eigenvalue weighted by molar-refractivity contribution is -0.135. The number of amides is 2. The van der Waals surface area contributed by atoms with Gasteiger partial charge in [-0.05, 0) is 12.1 Å². The smallest absolute Gasteiger partial charge is 0.323 e. The summed E-state index contributed by atoms with van der Waals surface area (Å²) in [4.78, 5) is 25.9. The third kappa shape index (κ3) is 3.82. The molecule has 100 valence electrons. The molecule has 0 bridgehead atoms. The molecular weight excluding hydrogens is 270 g/mol. The van der Waals surface area contributed by atoms with E-state index in [2.05, 4.69) is 15.6 Å². The van der Waals surface area contributed by atoms with Gasteiger partial charge in [0.15, 0.2) is 0 Å². The topological polar surface area (TPSA) is 91.3 Å². The molecule has 0 aliphatic heterocycles. The summed E-state index contributed by atoms with van der Waals surface area (Å²) >= 11 is 0. The SMILES string of the molecule is Cl.O=C(O)CNC(=O)Nc1ccnc2ccccc12. The first kappa shape index (κ1) is 14.7. The number of benzene rings is 1. The normalized spacial score (nSPS) is 9.47. The van der Waals surface area contributed by atoms with Crippen LogP contribution in [0.15, 0.2) is 36.5 Å². The van der Waals surface area contributed by atoms with Crippen LogP contribution >= 0.6 is 12.4 Å². The first-order valence-corrected chi connectivity index (χ1v) is 5.27. The predicted octanol–water partition coefficient (Wildman–Crippen LogP) is 1.86. The van der Waals surface area contributed by atoms with Crippen LogP contribution in [0.2, 0.25) is 0 Å². The number of carboxylic acid groups (broad SMARTS) is 1. The van der Waals surface area contributed by atoms with Crippen molar-refractivity contribution in [2.75, 3.05) is 11.9 Å².